The van der Waals surface area contributed by atoms with Crippen molar-refractivity contribution in [1.82, 2.24) is 10.3 Å². The summed E-state index contributed by atoms with van der Waals surface area (Å²) in [4.78, 5) is 16.5. The van der Waals surface area contributed by atoms with Gasteiger partial charge in [-0.1, -0.05) is 35.9 Å². The Morgan fingerprint density at radius 2 is 2.17 bits per heavy atom. The van der Waals surface area contributed by atoms with Crippen molar-refractivity contribution >= 4 is 17.5 Å². The van der Waals surface area contributed by atoms with Crippen LogP contribution in [0.2, 0.25) is 5.02 Å². The number of hydrogen-bond acceptors (Lipinski definition) is 3. The Hall–Kier alpha value is -2.07. The van der Waals surface area contributed by atoms with Crippen LogP contribution in [0.1, 0.15) is 30.4 Å². The number of hydrogen-bond donors (Lipinski definition) is 1. The molecule has 1 aliphatic carbocycles. The lowest BCUT2D eigenvalue weighted by molar-refractivity contribution is -0.122. The summed E-state index contributed by atoms with van der Waals surface area (Å²) >= 11 is 6.20. The molecule has 1 heterocycles. The quantitative estimate of drug-likeness (QED) is 0.881. The summed E-state index contributed by atoms with van der Waals surface area (Å²) in [5.74, 6) is 0.862. The van der Waals surface area contributed by atoms with Crippen LogP contribution >= 0.6 is 11.6 Å². The largest absolute Gasteiger partial charge is 0.478 e. The number of pyridine rings is 1. The topological polar surface area (TPSA) is 51.2 Å². The molecule has 1 saturated carbocycles. The molecule has 0 saturated heterocycles. The van der Waals surface area contributed by atoms with Gasteiger partial charge in [0.25, 0.3) is 0 Å². The van der Waals surface area contributed by atoms with Crippen LogP contribution in [-0.2, 0) is 11.3 Å². The first-order valence-corrected chi connectivity index (χ1v) is 8.17. The summed E-state index contributed by atoms with van der Waals surface area (Å²) in [7, 11) is 0. The molecule has 0 radical (unpaired) electrons. The number of nitrogens with zero attached hydrogens (tertiary/aromatic N) is 1. The highest BCUT2D eigenvalue weighted by atomic mass is 35.5. The molecule has 1 aromatic heterocycles. The normalized spacial score (nSPS) is 19.2. The number of amides is 1. The van der Waals surface area contributed by atoms with E-state index in [2.05, 4.69) is 10.3 Å². The lowest BCUT2D eigenvalue weighted by atomic mass is 10.1. The molecule has 3 rings (SSSR count). The van der Waals surface area contributed by atoms with E-state index in [0.29, 0.717) is 19.0 Å². The molecule has 2 atom stereocenters. The second kappa shape index (κ2) is 7.01. The minimum atomic E-state index is 0.00196. The fourth-order valence-corrected chi connectivity index (χ4v) is 3.02. The Morgan fingerprint density at radius 3 is 2.96 bits per heavy atom. The molecule has 1 aromatic carbocycles. The van der Waals surface area contributed by atoms with Gasteiger partial charge in [-0.3, -0.25) is 4.79 Å². The van der Waals surface area contributed by atoms with E-state index in [1.54, 1.807) is 6.20 Å². The number of aromatic nitrogens is 1. The highest BCUT2D eigenvalue weighted by Gasteiger charge is 2.44. The summed E-state index contributed by atoms with van der Waals surface area (Å²) in [5.41, 5.74) is 1.95. The Balaban J connectivity index is 1.58. The fraction of sp³-hybridized carbons (Fsp3) is 0.333. The van der Waals surface area contributed by atoms with Gasteiger partial charge in [-0.15, -0.1) is 0 Å². The van der Waals surface area contributed by atoms with Crippen LogP contribution in [0.4, 0.5) is 0 Å². The van der Waals surface area contributed by atoms with Gasteiger partial charge in [0, 0.05) is 29.2 Å². The van der Waals surface area contributed by atoms with E-state index >= 15 is 0 Å². The summed E-state index contributed by atoms with van der Waals surface area (Å²) in [6.07, 6.45) is 2.53. The van der Waals surface area contributed by atoms with E-state index in [1.165, 1.54) is 0 Å². The molecule has 1 amide bonds. The second-order valence-corrected chi connectivity index (χ2v) is 6.00. The van der Waals surface area contributed by atoms with Crippen molar-refractivity contribution in [2.75, 3.05) is 6.61 Å². The van der Waals surface area contributed by atoms with Gasteiger partial charge in [0.2, 0.25) is 11.8 Å². The average molecular weight is 331 g/mol. The van der Waals surface area contributed by atoms with Crippen molar-refractivity contribution in [3.63, 3.8) is 0 Å². The van der Waals surface area contributed by atoms with Crippen LogP contribution in [-0.4, -0.2) is 17.5 Å². The molecular weight excluding hydrogens is 312 g/mol. The Kier molecular flexibility index (Phi) is 4.82. The summed E-state index contributed by atoms with van der Waals surface area (Å²) in [6, 6.07) is 11.5. The first kappa shape index (κ1) is 15.8. The molecule has 5 heteroatoms. The Morgan fingerprint density at radius 1 is 1.35 bits per heavy atom. The zero-order chi connectivity index (χ0) is 16.2. The molecule has 2 unspecified atom stereocenters. The molecule has 1 fully saturated rings. The Labute approximate surface area is 140 Å². The number of carbonyl (C=O) groups is 1. The smallest absolute Gasteiger partial charge is 0.224 e. The maximum atomic E-state index is 12.3. The van der Waals surface area contributed by atoms with E-state index in [-0.39, 0.29) is 17.7 Å². The van der Waals surface area contributed by atoms with Crippen molar-refractivity contribution < 1.29 is 9.53 Å². The molecule has 4 nitrogen and oxygen atoms in total. The van der Waals surface area contributed by atoms with Crippen LogP contribution < -0.4 is 10.1 Å². The maximum absolute atomic E-state index is 12.3. The first-order chi connectivity index (χ1) is 11.2. The SMILES string of the molecule is CCOc1ncccc1CNC(=O)C1CC1c1ccccc1Cl. The highest BCUT2D eigenvalue weighted by molar-refractivity contribution is 6.31. The predicted octanol–water partition coefficient (Wildman–Crippen LogP) is 3.55. The van der Waals surface area contributed by atoms with Crippen LogP contribution in [0.3, 0.4) is 0 Å². The first-order valence-electron chi connectivity index (χ1n) is 7.79. The van der Waals surface area contributed by atoms with Gasteiger partial charge < -0.3 is 10.1 Å². The molecule has 2 aromatic rings. The standard InChI is InChI=1S/C18H19ClN2O2/c1-2-23-18-12(6-5-9-20-18)11-21-17(22)15-10-14(15)13-7-3-4-8-16(13)19/h3-9,14-15H,2,10-11H2,1H3,(H,21,22). The van der Waals surface area contributed by atoms with E-state index in [1.807, 2.05) is 43.3 Å². The number of nitrogens with one attached hydrogen (secondary N) is 1. The van der Waals surface area contributed by atoms with Gasteiger partial charge in [-0.25, -0.2) is 4.98 Å². The van der Waals surface area contributed by atoms with Crippen LogP contribution in [0.25, 0.3) is 0 Å². The minimum absolute atomic E-state index is 0.00196. The number of rotatable bonds is 6. The van der Waals surface area contributed by atoms with Gasteiger partial charge >= 0.3 is 0 Å². The molecule has 1 aliphatic rings. The summed E-state index contributed by atoms with van der Waals surface area (Å²) in [5, 5.41) is 3.71. The van der Waals surface area contributed by atoms with E-state index in [4.69, 9.17) is 16.3 Å². The molecule has 0 bridgehead atoms. The van der Waals surface area contributed by atoms with Crippen molar-refractivity contribution in [2.24, 2.45) is 5.92 Å². The second-order valence-electron chi connectivity index (χ2n) is 5.59. The number of halogens is 1. The van der Waals surface area contributed by atoms with Crippen molar-refractivity contribution in [3.05, 3.63) is 58.7 Å². The van der Waals surface area contributed by atoms with E-state index in [9.17, 15) is 4.79 Å². The molecule has 1 N–H and O–H groups in total. The van der Waals surface area contributed by atoms with Gasteiger partial charge in [-0.05, 0) is 37.0 Å². The number of ether oxygens (including phenoxy) is 1. The predicted molar refractivity (Wildman–Crippen MR) is 89.6 cm³/mol. The van der Waals surface area contributed by atoms with Crippen molar-refractivity contribution in [3.8, 4) is 5.88 Å². The molecule has 0 aliphatic heterocycles. The number of carbonyl (C=O) groups excluding carboxylic acids is 1. The van der Waals surface area contributed by atoms with E-state index < -0.39 is 0 Å². The molecule has 120 valence electrons. The minimum Gasteiger partial charge on any atom is -0.478 e. The third-order valence-electron chi connectivity index (χ3n) is 4.02. The third-order valence-corrected chi connectivity index (χ3v) is 4.36. The molecule has 0 spiro atoms. The average Bonchev–Trinajstić information content (AvgIpc) is 3.35. The Bertz CT molecular complexity index is 705. The lowest BCUT2D eigenvalue weighted by Crippen LogP contribution is -2.25. The van der Waals surface area contributed by atoms with Crippen molar-refractivity contribution in [2.45, 2.75) is 25.8 Å². The maximum Gasteiger partial charge on any atom is 0.224 e. The summed E-state index contributed by atoms with van der Waals surface area (Å²) < 4.78 is 5.47. The van der Waals surface area contributed by atoms with Gasteiger partial charge in [0.15, 0.2) is 0 Å². The van der Waals surface area contributed by atoms with Gasteiger partial charge in [0.1, 0.15) is 0 Å². The van der Waals surface area contributed by atoms with Crippen molar-refractivity contribution in [1.29, 1.82) is 0 Å². The zero-order valence-electron chi connectivity index (χ0n) is 13.0. The van der Waals surface area contributed by atoms with Crippen LogP contribution in [0, 0.1) is 5.92 Å². The molecular formula is C18H19ClN2O2. The van der Waals surface area contributed by atoms with E-state index in [0.717, 1.165) is 22.6 Å². The monoisotopic (exact) mass is 330 g/mol. The lowest BCUT2D eigenvalue weighted by Gasteiger charge is -2.10. The van der Waals surface area contributed by atoms with Gasteiger partial charge in [0.05, 0.1) is 6.61 Å². The highest BCUT2D eigenvalue weighted by Crippen LogP contribution is 2.49. The zero-order valence-corrected chi connectivity index (χ0v) is 13.7. The summed E-state index contributed by atoms with van der Waals surface area (Å²) in [6.45, 7) is 2.89. The molecule has 23 heavy (non-hydrogen) atoms. The van der Waals surface area contributed by atoms with Crippen LogP contribution in [0.15, 0.2) is 42.6 Å². The van der Waals surface area contributed by atoms with Gasteiger partial charge in [-0.2, -0.15) is 0 Å². The third kappa shape index (κ3) is 3.64. The van der Waals surface area contributed by atoms with Crippen LogP contribution in [0.5, 0.6) is 5.88 Å². The number of benzene rings is 1. The fourth-order valence-electron chi connectivity index (χ4n) is 2.74.